The van der Waals surface area contributed by atoms with Crippen molar-refractivity contribution in [2.75, 3.05) is 6.61 Å². The van der Waals surface area contributed by atoms with Crippen molar-refractivity contribution in [3.8, 4) is 0 Å². The molecule has 0 N–H and O–H groups in total. The highest BCUT2D eigenvalue weighted by Gasteiger charge is 2.08. The summed E-state index contributed by atoms with van der Waals surface area (Å²) < 4.78 is 4.81. The van der Waals surface area contributed by atoms with Crippen LogP contribution in [0.1, 0.15) is 22.2 Å². The van der Waals surface area contributed by atoms with Gasteiger partial charge in [-0.25, -0.2) is 4.79 Å². The summed E-state index contributed by atoms with van der Waals surface area (Å²) >= 11 is 1.38. The smallest absolute Gasteiger partial charge is 0.338 e. The van der Waals surface area contributed by atoms with Crippen LogP contribution in [0.25, 0.3) is 10.4 Å². The van der Waals surface area contributed by atoms with Crippen LogP contribution in [0.2, 0.25) is 0 Å². The van der Waals surface area contributed by atoms with Gasteiger partial charge in [-0.05, 0) is 18.5 Å². The maximum absolute atomic E-state index is 11.2. The minimum absolute atomic E-state index is 0.278. The monoisotopic (exact) mass is 211 g/mol. The Morgan fingerprint density at radius 1 is 1.79 bits per heavy atom. The number of carbonyl (C=O) groups is 1. The van der Waals surface area contributed by atoms with Crippen LogP contribution in [0, 0.1) is 0 Å². The van der Waals surface area contributed by atoms with Crippen LogP contribution in [-0.4, -0.2) is 12.6 Å². The summed E-state index contributed by atoms with van der Waals surface area (Å²) in [7, 11) is 0. The average Bonchev–Trinajstić information content (AvgIpc) is 2.63. The molecule has 74 valence electrons. The summed E-state index contributed by atoms with van der Waals surface area (Å²) in [6, 6.07) is 1.68. The lowest BCUT2D eigenvalue weighted by molar-refractivity contribution is 0.0527. The molecule has 1 rings (SSSR count). The zero-order valence-electron chi connectivity index (χ0n) is 7.64. The fourth-order valence-corrected chi connectivity index (χ4v) is 1.66. The van der Waals surface area contributed by atoms with Crippen LogP contribution in [0.3, 0.4) is 0 Å². The van der Waals surface area contributed by atoms with Gasteiger partial charge in [0.05, 0.1) is 18.7 Å². The number of azide groups is 1. The van der Waals surface area contributed by atoms with Crippen LogP contribution >= 0.6 is 11.3 Å². The number of carbonyl (C=O) groups excluding carboxylic acids is 1. The van der Waals surface area contributed by atoms with E-state index in [4.69, 9.17) is 10.3 Å². The van der Waals surface area contributed by atoms with Gasteiger partial charge in [0.1, 0.15) is 0 Å². The molecule has 0 aliphatic rings. The third-order valence-electron chi connectivity index (χ3n) is 1.45. The third kappa shape index (κ3) is 2.76. The maximum atomic E-state index is 11.2. The molecule has 0 radical (unpaired) electrons. The number of ether oxygens (including phenoxy) is 1. The third-order valence-corrected chi connectivity index (χ3v) is 2.38. The van der Waals surface area contributed by atoms with Crippen molar-refractivity contribution in [1.29, 1.82) is 0 Å². The molecule has 0 aliphatic heterocycles. The van der Waals surface area contributed by atoms with Gasteiger partial charge in [0.25, 0.3) is 0 Å². The Bertz CT molecular complexity index is 368. The number of thiophene rings is 1. The Kier molecular flexibility index (Phi) is 3.97. The van der Waals surface area contributed by atoms with Gasteiger partial charge in [-0.2, -0.15) is 0 Å². The van der Waals surface area contributed by atoms with Crippen molar-refractivity contribution in [3.63, 3.8) is 0 Å². The largest absolute Gasteiger partial charge is 0.462 e. The molecular weight excluding hydrogens is 202 g/mol. The summed E-state index contributed by atoms with van der Waals surface area (Å²) in [6.07, 6.45) is 0. The molecule has 0 aromatic carbocycles. The Morgan fingerprint density at radius 2 is 2.57 bits per heavy atom. The molecule has 0 atom stereocenters. The van der Waals surface area contributed by atoms with Crippen molar-refractivity contribution in [3.05, 3.63) is 32.3 Å². The van der Waals surface area contributed by atoms with Gasteiger partial charge in [0, 0.05) is 15.2 Å². The topological polar surface area (TPSA) is 75.1 Å². The molecule has 0 aliphatic carbocycles. The molecule has 0 amide bonds. The van der Waals surface area contributed by atoms with E-state index in [0.29, 0.717) is 12.2 Å². The van der Waals surface area contributed by atoms with Crippen molar-refractivity contribution in [1.82, 2.24) is 0 Å². The predicted molar refractivity (Wildman–Crippen MR) is 53.1 cm³/mol. The molecule has 6 heteroatoms. The molecule has 1 heterocycles. The van der Waals surface area contributed by atoms with Crippen LogP contribution in [0.4, 0.5) is 0 Å². The van der Waals surface area contributed by atoms with E-state index in [1.165, 1.54) is 11.3 Å². The summed E-state index contributed by atoms with van der Waals surface area (Å²) in [5, 5.41) is 5.09. The van der Waals surface area contributed by atoms with E-state index < -0.39 is 0 Å². The summed E-state index contributed by atoms with van der Waals surface area (Å²) in [6.45, 7) is 2.39. The van der Waals surface area contributed by atoms with Gasteiger partial charge < -0.3 is 4.74 Å². The van der Waals surface area contributed by atoms with Crippen LogP contribution in [0.15, 0.2) is 16.6 Å². The van der Waals surface area contributed by atoms with Gasteiger partial charge in [0.2, 0.25) is 0 Å². The highest BCUT2D eigenvalue weighted by atomic mass is 32.1. The van der Waals surface area contributed by atoms with Gasteiger partial charge in [-0.1, -0.05) is 5.11 Å². The van der Waals surface area contributed by atoms with Crippen molar-refractivity contribution >= 4 is 17.3 Å². The number of esters is 1. The Balaban J connectivity index is 2.67. The molecule has 0 bridgehead atoms. The van der Waals surface area contributed by atoms with E-state index in [9.17, 15) is 4.79 Å². The van der Waals surface area contributed by atoms with Crippen LogP contribution in [0.5, 0.6) is 0 Å². The van der Waals surface area contributed by atoms with Gasteiger partial charge >= 0.3 is 5.97 Å². The summed E-state index contributed by atoms with van der Waals surface area (Å²) in [4.78, 5) is 14.7. The molecule has 1 aromatic rings. The Hall–Kier alpha value is -1.52. The van der Waals surface area contributed by atoms with Gasteiger partial charge in [0.15, 0.2) is 0 Å². The summed E-state index contributed by atoms with van der Waals surface area (Å²) in [5.74, 6) is -0.337. The molecule has 0 fully saturated rings. The van der Waals surface area contributed by atoms with Crippen molar-refractivity contribution < 1.29 is 9.53 Å². The van der Waals surface area contributed by atoms with Crippen molar-refractivity contribution in [2.24, 2.45) is 5.11 Å². The first-order valence-corrected chi connectivity index (χ1v) is 4.91. The quantitative estimate of drug-likeness (QED) is 0.332. The van der Waals surface area contributed by atoms with E-state index in [0.717, 1.165) is 4.88 Å². The molecule has 0 saturated carbocycles. The minimum Gasteiger partial charge on any atom is -0.462 e. The van der Waals surface area contributed by atoms with Crippen LogP contribution < -0.4 is 0 Å². The van der Waals surface area contributed by atoms with Gasteiger partial charge in [-0.15, -0.1) is 11.3 Å². The first kappa shape index (κ1) is 10.6. The second-order valence-electron chi connectivity index (χ2n) is 2.41. The first-order chi connectivity index (χ1) is 6.77. The lowest BCUT2D eigenvalue weighted by atomic mass is 10.3. The highest BCUT2D eigenvalue weighted by molar-refractivity contribution is 7.10. The molecule has 1 aromatic heterocycles. The molecular formula is C8H9N3O2S. The normalized spacial score (nSPS) is 9.21. The molecule has 0 unspecified atom stereocenters. The number of hydrogen-bond acceptors (Lipinski definition) is 4. The van der Waals surface area contributed by atoms with E-state index in [1.807, 2.05) is 0 Å². The molecule has 14 heavy (non-hydrogen) atoms. The molecule has 5 nitrogen and oxygen atoms in total. The Labute approximate surface area is 84.9 Å². The SMILES string of the molecule is CCOC(=O)c1csc(CN=[N+]=[N-])c1. The number of nitrogens with zero attached hydrogens (tertiary/aromatic N) is 3. The zero-order valence-corrected chi connectivity index (χ0v) is 8.45. The average molecular weight is 211 g/mol. The van der Waals surface area contributed by atoms with E-state index in [1.54, 1.807) is 18.4 Å². The fourth-order valence-electron chi connectivity index (χ4n) is 0.886. The zero-order chi connectivity index (χ0) is 10.4. The maximum Gasteiger partial charge on any atom is 0.338 e. The Morgan fingerprint density at radius 3 is 3.21 bits per heavy atom. The standard InChI is InChI=1S/C8H9N3O2S/c1-2-13-8(12)6-3-7(14-5-6)4-10-11-9/h3,5H,2,4H2,1H3. The van der Waals surface area contributed by atoms with Gasteiger partial charge in [-0.3, -0.25) is 0 Å². The number of hydrogen-bond donors (Lipinski definition) is 0. The summed E-state index contributed by atoms with van der Waals surface area (Å²) in [5.41, 5.74) is 8.61. The van der Waals surface area contributed by atoms with Crippen LogP contribution in [-0.2, 0) is 11.3 Å². The fraction of sp³-hybridized carbons (Fsp3) is 0.375. The minimum atomic E-state index is -0.337. The van der Waals surface area contributed by atoms with E-state index in [2.05, 4.69) is 10.0 Å². The molecule has 0 saturated heterocycles. The van der Waals surface area contributed by atoms with E-state index in [-0.39, 0.29) is 12.5 Å². The lowest BCUT2D eigenvalue weighted by Crippen LogP contribution is -2.02. The second kappa shape index (κ2) is 5.26. The molecule has 0 spiro atoms. The highest BCUT2D eigenvalue weighted by Crippen LogP contribution is 2.16. The van der Waals surface area contributed by atoms with Crippen molar-refractivity contribution in [2.45, 2.75) is 13.5 Å². The van der Waals surface area contributed by atoms with E-state index >= 15 is 0 Å². The first-order valence-electron chi connectivity index (χ1n) is 4.03. The number of rotatable bonds is 4. The lowest BCUT2D eigenvalue weighted by Gasteiger charge is -1.96. The second-order valence-corrected chi connectivity index (χ2v) is 3.41. The predicted octanol–water partition coefficient (Wildman–Crippen LogP) is 2.74.